The quantitative estimate of drug-likeness (QED) is 0.783. The molecule has 0 aromatic heterocycles. The summed E-state index contributed by atoms with van der Waals surface area (Å²) in [5, 5.41) is 3.51. The Bertz CT molecular complexity index is 322. The van der Waals surface area contributed by atoms with Crippen molar-refractivity contribution in [1.82, 2.24) is 5.32 Å². The predicted molar refractivity (Wildman–Crippen MR) is 73.6 cm³/mol. The molecule has 0 saturated carbocycles. The summed E-state index contributed by atoms with van der Waals surface area (Å²) in [6.45, 7) is 7.71. The highest BCUT2D eigenvalue weighted by atomic mass is 16.5. The number of hydrogen-bond acceptors (Lipinski definition) is 2. The molecular formula is C15H25NO. The van der Waals surface area contributed by atoms with Gasteiger partial charge < -0.3 is 10.1 Å². The van der Waals surface area contributed by atoms with Crippen LogP contribution in [0, 0.1) is 5.92 Å². The Morgan fingerprint density at radius 3 is 2.53 bits per heavy atom. The minimum Gasteiger partial charge on any atom is -0.496 e. The molecule has 96 valence electrons. The van der Waals surface area contributed by atoms with Gasteiger partial charge in [-0.2, -0.15) is 0 Å². The number of benzene rings is 1. The van der Waals surface area contributed by atoms with Crippen LogP contribution in [-0.2, 0) is 6.42 Å². The van der Waals surface area contributed by atoms with Crippen LogP contribution in [0.15, 0.2) is 24.3 Å². The van der Waals surface area contributed by atoms with E-state index in [9.17, 15) is 0 Å². The number of para-hydroxylation sites is 1. The van der Waals surface area contributed by atoms with Crippen LogP contribution in [-0.4, -0.2) is 19.7 Å². The number of ether oxygens (including phenoxy) is 1. The average Bonchev–Trinajstić information content (AvgIpc) is 2.34. The Hall–Kier alpha value is -1.02. The van der Waals surface area contributed by atoms with Crippen molar-refractivity contribution in [1.29, 1.82) is 0 Å². The van der Waals surface area contributed by atoms with Gasteiger partial charge in [0.15, 0.2) is 0 Å². The molecule has 0 aliphatic rings. The van der Waals surface area contributed by atoms with E-state index < -0.39 is 0 Å². The van der Waals surface area contributed by atoms with Gasteiger partial charge in [0.1, 0.15) is 5.75 Å². The minimum absolute atomic E-state index is 0.557. The molecule has 0 amide bonds. The lowest BCUT2D eigenvalue weighted by molar-refractivity contribution is 0.395. The van der Waals surface area contributed by atoms with Crippen molar-refractivity contribution in [2.75, 3.05) is 13.7 Å². The van der Waals surface area contributed by atoms with Crippen molar-refractivity contribution >= 4 is 0 Å². The Morgan fingerprint density at radius 2 is 1.94 bits per heavy atom. The van der Waals surface area contributed by atoms with Gasteiger partial charge in [0.2, 0.25) is 0 Å². The average molecular weight is 235 g/mol. The summed E-state index contributed by atoms with van der Waals surface area (Å²) < 4.78 is 5.40. The molecule has 0 radical (unpaired) electrons. The molecule has 0 saturated heterocycles. The van der Waals surface area contributed by atoms with Crippen LogP contribution in [0.5, 0.6) is 5.75 Å². The van der Waals surface area contributed by atoms with Gasteiger partial charge in [-0.3, -0.25) is 0 Å². The van der Waals surface area contributed by atoms with E-state index in [1.807, 2.05) is 12.1 Å². The second kappa shape index (κ2) is 7.33. The van der Waals surface area contributed by atoms with Crippen molar-refractivity contribution in [3.8, 4) is 5.75 Å². The Labute approximate surface area is 105 Å². The fourth-order valence-corrected chi connectivity index (χ4v) is 1.95. The molecule has 1 unspecified atom stereocenters. The summed E-state index contributed by atoms with van der Waals surface area (Å²) in [5.74, 6) is 1.68. The summed E-state index contributed by atoms with van der Waals surface area (Å²) in [7, 11) is 1.74. The Balaban J connectivity index is 2.60. The second-order valence-corrected chi connectivity index (χ2v) is 4.85. The van der Waals surface area contributed by atoms with Gasteiger partial charge in [-0.05, 0) is 30.5 Å². The third-order valence-corrected chi connectivity index (χ3v) is 3.09. The van der Waals surface area contributed by atoms with E-state index in [0.29, 0.717) is 12.0 Å². The lowest BCUT2D eigenvalue weighted by atomic mass is 9.96. The molecule has 0 aliphatic carbocycles. The van der Waals surface area contributed by atoms with Crippen molar-refractivity contribution < 1.29 is 4.74 Å². The third-order valence-electron chi connectivity index (χ3n) is 3.09. The maximum absolute atomic E-state index is 5.40. The molecule has 2 nitrogen and oxygen atoms in total. The topological polar surface area (TPSA) is 21.3 Å². The Morgan fingerprint density at radius 1 is 1.24 bits per heavy atom. The van der Waals surface area contributed by atoms with Gasteiger partial charge in [-0.15, -0.1) is 0 Å². The predicted octanol–water partition coefficient (Wildman–Crippen LogP) is 3.26. The van der Waals surface area contributed by atoms with E-state index in [-0.39, 0.29) is 0 Å². The molecule has 0 heterocycles. The monoisotopic (exact) mass is 235 g/mol. The highest BCUT2D eigenvalue weighted by molar-refractivity contribution is 5.33. The highest BCUT2D eigenvalue weighted by Crippen LogP contribution is 2.21. The molecule has 2 heteroatoms. The van der Waals surface area contributed by atoms with Gasteiger partial charge >= 0.3 is 0 Å². The number of rotatable bonds is 7. The van der Waals surface area contributed by atoms with Crippen LogP contribution < -0.4 is 10.1 Å². The van der Waals surface area contributed by atoms with E-state index in [4.69, 9.17) is 4.74 Å². The van der Waals surface area contributed by atoms with Crippen molar-refractivity contribution in [3.63, 3.8) is 0 Å². The summed E-state index contributed by atoms with van der Waals surface area (Å²) in [6.07, 6.45) is 2.28. The number of hydrogen-bond donors (Lipinski definition) is 1. The summed E-state index contributed by atoms with van der Waals surface area (Å²) in [4.78, 5) is 0. The first kappa shape index (κ1) is 14.0. The molecule has 1 N–H and O–H groups in total. The first-order valence-electron chi connectivity index (χ1n) is 6.52. The van der Waals surface area contributed by atoms with E-state index in [0.717, 1.165) is 18.7 Å². The SMILES string of the molecule is CCC(CNC(C)C)Cc1ccccc1OC. The summed E-state index contributed by atoms with van der Waals surface area (Å²) in [5.41, 5.74) is 1.31. The molecule has 0 fully saturated rings. The van der Waals surface area contributed by atoms with Crippen LogP contribution in [0.25, 0.3) is 0 Å². The Kier molecular flexibility index (Phi) is 6.06. The van der Waals surface area contributed by atoms with Crippen LogP contribution in [0.4, 0.5) is 0 Å². The van der Waals surface area contributed by atoms with E-state index >= 15 is 0 Å². The van der Waals surface area contributed by atoms with Crippen LogP contribution >= 0.6 is 0 Å². The summed E-state index contributed by atoms with van der Waals surface area (Å²) in [6, 6.07) is 8.87. The van der Waals surface area contributed by atoms with E-state index in [1.165, 1.54) is 12.0 Å². The van der Waals surface area contributed by atoms with Gasteiger partial charge in [0.05, 0.1) is 7.11 Å². The van der Waals surface area contributed by atoms with Crippen molar-refractivity contribution in [2.45, 2.75) is 39.7 Å². The standard InChI is InChI=1S/C15H25NO/c1-5-13(11-16-12(2)3)10-14-8-6-7-9-15(14)17-4/h6-9,12-13,16H,5,10-11H2,1-4H3. The highest BCUT2D eigenvalue weighted by Gasteiger charge is 2.11. The smallest absolute Gasteiger partial charge is 0.122 e. The molecule has 0 bridgehead atoms. The van der Waals surface area contributed by atoms with Gasteiger partial charge in [0, 0.05) is 6.04 Å². The normalized spacial score (nSPS) is 12.8. The lowest BCUT2D eigenvalue weighted by Crippen LogP contribution is -2.29. The zero-order valence-electron chi connectivity index (χ0n) is 11.5. The van der Waals surface area contributed by atoms with E-state index in [1.54, 1.807) is 7.11 Å². The second-order valence-electron chi connectivity index (χ2n) is 4.85. The number of methoxy groups -OCH3 is 1. The summed E-state index contributed by atoms with van der Waals surface area (Å²) >= 11 is 0. The van der Waals surface area contributed by atoms with Gasteiger partial charge in [-0.1, -0.05) is 45.4 Å². The molecule has 17 heavy (non-hydrogen) atoms. The number of nitrogens with one attached hydrogen (secondary N) is 1. The lowest BCUT2D eigenvalue weighted by Gasteiger charge is -2.19. The molecule has 1 aromatic rings. The maximum Gasteiger partial charge on any atom is 0.122 e. The molecule has 1 atom stereocenters. The maximum atomic E-state index is 5.40. The molecular weight excluding hydrogens is 210 g/mol. The molecule has 0 spiro atoms. The molecule has 1 aromatic carbocycles. The minimum atomic E-state index is 0.557. The first-order valence-corrected chi connectivity index (χ1v) is 6.52. The zero-order valence-corrected chi connectivity index (χ0v) is 11.5. The van der Waals surface area contributed by atoms with Crippen LogP contribution in [0.1, 0.15) is 32.8 Å². The molecule has 0 aliphatic heterocycles. The van der Waals surface area contributed by atoms with Gasteiger partial charge in [-0.25, -0.2) is 0 Å². The fraction of sp³-hybridized carbons (Fsp3) is 0.600. The third kappa shape index (κ3) is 4.78. The first-order chi connectivity index (χ1) is 8.17. The zero-order chi connectivity index (χ0) is 12.7. The van der Waals surface area contributed by atoms with Gasteiger partial charge in [0.25, 0.3) is 0 Å². The van der Waals surface area contributed by atoms with Crippen molar-refractivity contribution in [3.05, 3.63) is 29.8 Å². The fourth-order valence-electron chi connectivity index (χ4n) is 1.95. The largest absolute Gasteiger partial charge is 0.496 e. The van der Waals surface area contributed by atoms with Crippen LogP contribution in [0.2, 0.25) is 0 Å². The van der Waals surface area contributed by atoms with E-state index in [2.05, 4.69) is 38.2 Å². The van der Waals surface area contributed by atoms with Crippen LogP contribution in [0.3, 0.4) is 0 Å². The van der Waals surface area contributed by atoms with Crippen molar-refractivity contribution in [2.24, 2.45) is 5.92 Å². The molecule has 1 rings (SSSR count).